The van der Waals surface area contributed by atoms with Gasteiger partial charge < -0.3 is 15.2 Å². The molecule has 2 aliphatic heterocycles. The normalized spacial score (nSPS) is 17.0. The molecule has 0 aliphatic carbocycles. The lowest BCUT2D eigenvalue weighted by Crippen LogP contribution is -2.27. The Morgan fingerprint density at radius 1 is 1.06 bits per heavy atom. The number of imidazole rings is 1. The quantitative estimate of drug-likeness (QED) is 0.127. The minimum absolute atomic E-state index is 0.234. The monoisotopic (exact) mass is 644 g/mol. The summed E-state index contributed by atoms with van der Waals surface area (Å²) in [5, 5.41) is 12.3. The molecule has 4 heterocycles. The van der Waals surface area contributed by atoms with Gasteiger partial charge in [-0.3, -0.25) is 5.10 Å². The summed E-state index contributed by atoms with van der Waals surface area (Å²) in [5.74, 6) is 1.12. The van der Waals surface area contributed by atoms with Gasteiger partial charge in [0.2, 0.25) is 0 Å². The maximum atomic E-state index is 15.0. The van der Waals surface area contributed by atoms with E-state index >= 15 is 4.39 Å². The van der Waals surface area contributed by atoms with Gasteiger partial charge in [0.25, 0.3) is 0 Å². The number of fused-ring (bicyclic) bond motifs is 1. The summed E-state index contributed by atoms with van der Waals surface area (Å²) in [6, 6.07) is 11.8. The highest BCUT2D eigenvalue weighted by atomic mass is 19.1. The van der Waals surface area contributed by atoms with Crippen LogP contribution in [0.15, 0.2) is 85.5 Å². The molecule has 2 aromatic heterocycles. The molecule has 6 nitrogen and oxygen atoms in total. The molecule has 7 heteroatoms. The minimum atomic E-state index is -0.234. The number of hydrogen-bond donors (Lipinski definition) is 3. The molecule has 2 saturated heterocycles. The summed E-state index contributed by atoms with van der Waals surface area (Å²) >= 11 is 0. The van der Waals surface area contributed by atoms with E-state index in [0.29, 0.717) is 11.7 Å². The molecule has 0 atom stereocenters. The largest absolute Gasteiger partial charge is 0.340 e. The molecule has 3 N–H and O–H groups in total. The zero-order chi connectivity index (χ0) is 33.5. The lowest BCUT2D eigenvalue weighted by atomic mass is 9.89. The number of halogens is 1. The van der Waals surface area contributed by atoms with Crippen molar-refractivity contribution in [3.63, 3.8) is 0 Å². The number of benzene rings is 2. The van der Waals surface area contributed by atoms with Crippen LogP contribution in [0.4, 0.5) is 4.39 Å². The van der Waals surface area contributed by atoms with Crippen LogP contribution in [0, 0.1) is 18.7 Å². The number of nitrogens with one attached hydrogen (secondary N) is 3. The van der Waals surface area contributed by atoms with Gasteiger partial charge in [-0.1, -0.05) is 55.7 Å². The molecule has 2 aliphatic rings. The zero-order valence-corrected chi connectivity index (χ0v) is 28.5. The second kappa shape index (κ2) is 15.7. The van der Waals surface area contributed by atoms with E-state index in [1.54, 1.807) is 18.2 Å². The lowest BCUT2D eigenvalue weighted by Gasteiger charge is -2.23. The molecule has 0 spiro atoms. The standard InChI is InChI=1S/C41H49FN6/c1-5-11-36(34-24-31(25-35(42)26-34)12-10-21-48-19-8-9-20-48)39-28(4)44-41(45-39)40-37-27-33(13-14-38(37)46-47-40)32(7-3)23-29(6-2)22-30-15-17-43-18-16-30/h5-7,11,13-14,23-27,30,43H,1-2,8-10,12,15-22H2,3-4H3,(H,44,45)(H,46,47)/b29-23+,32-7+,36-11-. The maximum Gasteiger partial charge on any atom is 0.159 e. The number of allylic oxidation sites excluding steroid dienone is 7. The van der Waals surface area contributed by atoms with E-state index < -0.39 is 0 Å². The lowest BCUT2D eigenvalue weighted by molar-refractivity contribution is 0.334. The number of aromatic nitrogens is 4. The Morgan fingerprint density at radius 3 is 2.62 bits per heavy atom. The Balaban J connectivity index is 1.27. The summed E-state index contributed by atoms with van der Waals surface area (Å²) in [4.78, 5) is 11.0. The number of H-pyrrole nitrogens is 2. The Bertz CT molecular complexity index is 1840. The number of hydrogen-bond acceptors (Lipinski definition) is 4. The van der Waals surface area contributed by atoms with Crippen molar-refractivity contribution in [2.24, 2.45) is 5.92 Å². The molecule has 4 aromatic rings. The van der Waals surface area contributed by atoms with Crippen LogP contribution in [-0.2, 0) is 6.42 Å². The van der Waals surface area contributed by atoms with Crippen LogP contribution in [0.3, 0.4) is 0 Å². The van der Waals surface area contributed by atoms with Crippen LogP contribution in [0.25, 0.3) is 33.6 Å². The predicted octanol–water partition coefficient (Wildman–Crippen LogP) is 8.95. The number of rotatable bonds is 13. The van der Waals surface area contributed by atoms with Crippen LogP contribution < -0.4 is 5.32 Å². The van der Waals surface area contributed by atoms with Gasteiger partial charge in [-0.05, 0) is 150 Å². The first-order chi connectivity index (χ1) is 23.4. The van der Waals surface area contributed by atoms with Gasteiger partial charge >= 0.3 is 0 Å². The second-order valence-electron chi connectivity index (χ2n) is 13.3. The molecule has 48 heavy (non-hydrogen) atoms. The van der Waals surface area contributed by atoms with Crippen molar-refractivity contribution >= 4 is 22.0 Å². The third kappa shape index (κ3) is 7.86. The molecule has 0 saturated carbocycles. The van der Waals surface area contributed by atoms with Gasteiger partial charge in [-0.2, -0.15) is 5.10 Å². The average Bonchev–Trinajstić information content (AvgIpc) is 3.86. The van der Waals surface area contributed by atoms with Crippen LogP contribution in [0.5, 0.6) is 0 Å². The summed E-state index contributed by atoms with van der Waals surface area (Å²) in [7, 11) is 0. The van der Waals surface area contributed by atoms with Crippen LogP contribution >= 0.6 is 0 Å². The molecular formula is C41H49FN6. The molecule has 250 valence electrons. The summed E-state index contributed by atoms with van der Waals surface area (Å²) < 4.78 is 15.0. The third-order valence-electron chi connectivity index (χ3n) is 9.85. The summed E-state index contributed by atoms with van der Waals surface area (Å²) in [6.07, 6.45) is 18.0. The number of likely N-dealkylation sites (tertiary alicyclic amines) is 1. The maximum absolute atomic E-state index is 15.0. The molecule has 2 aromatic carbocycles. The van der Waals surface area contributed by atoms with Gasteiger partial charge in [0.05, 0.1) is 11.2 Å². The van der Waals surface area contributed by atoms with E-state index in [0.717, 1.165) is 94.7 Å². The van der Waals surface area contributed by atoms with Crippen molar-refractivity contribution in [3.05, 3.63) is 119 Å². The summed E-state index contributed by atoms with van der Waals surface area (Å²) in [5.41, 5.74) is 9.50. The van der Waals surface area contributed by atoms with E-state index in [1.807, 2.05) is 19.1 Å². The molecule has 0 unspecified atom stereocenters. The average molecular weight is 645 g/mol. The van der Waals surface area contributed by atoms with Crippen LogP contribution in [-0.4, -0.2) is 57.8 Å². The van der Waals surface area contributed by atoms with E-state index in [-0.39, 0.29) is 5.82 Å². The molecule has 2 fully saturated rings. The highest BCUT2D eigenvalue weighted by Gasteiger charge is 2.20. The van der Waals surface area contributed by atoms with Crippen molar-refractivity contribution in [2.75, 3.05) is 32.7 Å². The molecular weight excluding hydrogens is 595 g/mol. The molecule has 0 bridgehead atoms. The number of aryl methyl sites for hydroxylation is 2. The van der Waals surface area contributed by atoms with E-state index in [2.05, 4.69) is 76.8 Å². The number of aromatic amines is 2. The van der Waals surface area contributed by atoms with E-state index in [4.69, 9.17) is 10.1 Å². The van der Waals surface area contributed by atoms with Crippen LogP contribution in [0.1, 0.15) is 73.5 Å². The molecule has 0 radical (unpaired) electrons. The Labute approximate surface area is 284 Å². The highest BCUT2D eigenvalue weighted by molar-refractivity contribution is 5.95. The van der Waals surface area contributed by atoms with Crippen molar-refractivity contribution in [1.29, 1.82) is 0 Å². The van der Waals surface area contributed by atoms with Crippen LogP contribution in [0.2, 0.25) is 0 Å². The molecule has 6 rings (SSSR count). The fourth-order valence-electron chi connectivity index (χ4n) is 7.26. The highest BCUT2D eigenvalue weighted by Crippen LogP contribution is 2.33. The van der Waals surface area contributed by atoms with Crippen molar-refractivity contribution in [3.8, 4) is 11.5 Å². The minimum Gasteiger partial charge on any atom is -0.340 e. The van der Waals surface area contributed by atoms with Gasteiger partial charge in [0, 0.05) is 16.7 Å². The Hall–Kier alpha value is -4.33. The SMILES string of the molecule is C=C/C=C(/c1cc(F)cc(CCCN2CCCC2)c1)c1nc(-c2n[nH]c3ccc(C(/C=C(\C=C)CC4CCNCC4)=C/C)cc23)[nH]c1C. The number of piperidine rings is 1. The first-order valence-corrected chi connectivity index (χ1v) is 17.6. The topological polar surface area (TPSA) is 72.6 Å². The van der Waals surface area contributed by atoms with Gasteiger partial charge in [-0.15, -0.1) is 0 Å². The van der Waals surface area contributed by atoms with Gasteiger partial charge in [0.1, 0.15) is 11.5 Å². The van der Waals surface area contributed by atoms with Crippen molar-refractivity contribution in [1.82, 2.24) is 30.4 Å². The van der Waals surface area contributed by atoms with Crippen molar-refractivity contribution in [2.45, 2.75) is 58.8 Å². The fourth-order valence-corrected chi connectivity index (χ4v) is 7.26. The first kappa shape index (κ1) is 33.6. The smallest absolute Gasteiger partial charge is 0.159 e. The Kier molecular flexibility index (Phi) is 11.0. The first-order valence-electron chi connectivity index (χ1n) is 17.6. The Morgan fingerprint density at radius 2 is 1.88 bits per heavy atom. The van der Waals surface area contributed by atoms with E-state index in [9.17, 15) is 0 Å². The second-order valence-corrected chi connectivity index (χ2v) is 13.3. The summed E-state index contributed by atoms with van der Waals surface area (Å²) in [6.45, 7) is 17.8. The predicted molar refractivity (Wildman–Crippen MR) is 198 cm³/mol. The molecule has 0 amide bonds. The number of nitrogens with zero attached hydrogens (tertiary/aromatic N) is 3. The zero-order valence-electron chi connectivity index (χ0n) is 28.5. The fraction of sp³-hybridized carbons (Fsp3) is 0.366. The van der Waals surface area contributed by atoms with Gasteiger partial charge in [0.15, 0.2) is 5.82 Å². The third-order valence-corrected chi connectivity index (χ3v) is 9.85. The van der Waals surface area contributed by atoms with E-state index in [1.165, 1.54) is 44.3 Å². The van der Waals surface area contributed by atoms with Gasteiger partial charge in [-0.25, -0.2) is 9.37 Å². The van der Waals surface area contributed by atoms with Crippen molar-refractivity contribution < 1.29 is 4.39 Å².